The van der Waals surface area contributed by atoms with Gasteiger partial charge in [0.2, 0.25) is 0 Å². The fourth-order valence-corrected chi connectivity index (χ4v) is 9.33. The molecule has 4 aromatic heterocycles. The molecule has 4 heterocycles. The van der Waals surface area contributed by atoms with Gasteiger partial charge < -0.3 is 0 Å². The Bertz CT molecular complexity index is 1880. The fraction of sp³-hybridized carbons (Fsp3) is 0. The summed E-state index contributed by atoms with van der Waals surface area (Å²) < 4.78 is 5.62. The van der Waals surface area contributed by atoms with Gasteiger partial charge in [0.05, 0.1) is 18.8 Å². The van der Waals surface area contributed by atoms with Gasteiger partial charge in [-0.3, -0.25) is 0 Å². The van der Waals surface area contributed by atoms with Crippen LogP contribution in [0.5, 0.6) is 0 Å². The van der Waals surface area contributed by atoms with Crippen molar-refractivity contribution in [3.05, 3.63) is 95.7 Å². The molecule has 0 atom stereocenters. The van der Waals surface area contributed by atoms with Crippen LogP contribution in [-0.2, 0) is 0 Å². The Morgan fingerprint density at radius 1 is 0.353 bits per heavy atom. The smallest absolute Gasteiger partial charge is 0.0527 e. The highest BCUT2D eigenvalue weighted by atomic mass is 32.1. The number of thiophene rings is 4. The van der Waals surface area contributed by atoms with Crippen molar-refractivity contribution < 1.29 is 0 Å². The largest absolute Gasteiger partial charge is 0.142 e. The summed E-state index contributed by atoms with van der Waals surface area (Å²) in [5, 5.41) is 12.3. The average Bonchev–Trinajstić information content (AvgIpc) is 3.65. The van der Waals surface area contributed by atoms with Crippen LogP contribution in [0.25, 0.3) is 72.0 Å². The number of rotatable bonds is 2. The molecule has 0 radical (unpaired) electrons. The number of hydrogen-bond acceptors (Lipinski definition) is 4. The monoisotopic (exact) mass is 504 g/mol. The van der Waals surface area contributed by atoms with Gasteiger partial charge in [-0.05, 0) is 90.6 Å². The Morgan fingerprint density at radius 2 is 0.824 bits per heavy atom. The molecular formula is C30H16S4. The molecule has 0 saturated carbocycles. The van der Waals surface area contributed by atoms with E-state index in [0.29, 0.717) is 0 Å². The first-order chi connectivity index (χ1) is 16.8. The van der Waals surface area contributed by atoms with Crippen molar-refractivity contribution in [3.8, 4) is 20.9 Å². The molecule has 0 nitrogen and oxygen atoms in total. The SMILES string of the molecule is c1cc2ccc3cc(-c4ccc5ccc(-c6cc7ccc8ccsc8c7s6)cc5c4)sc3c2s1. The Morgan fingerprint density at radius 3 is 1.35 bits per heavy atom. The summed E-state index contributed by atoms with van der Waals surface area (Å²) in [5.74, 6) is 0. The standard InChI is InChI=1S/C30H16S4/c1-5-20(25-15-22-7-3-18-9-11-31-27(18)29(22)33-25)13-24-14-21(6-2-17(1)24)26-16-23-8-4-19-10-12-32-28(19)30(23)34-26/h1-16H. The molecule has 0 unspecified atom stereocenters. The van der Waals surface area contributed by atoms with Crippen LogP contribution >= 0.6 is 45.3 Å². The van der Waals surface area contributed by atoms with Crippen LogP contribution in [0, 0.1) is 0 Å². The molecule has 34 heavy (non-hydrogen) atoms. The molecule has 8 rings (SSSR count). The minimum absolute atomic E-state index is 1.29. The van der Waals surface area contributed by atoms with Crippen molar-refractivity contribution in [2.24, 2.45) is 0 Å². The highest BCUT2D eigenvalue weighted by molar-refractivity contribution is 7.29. The van der Waals surface area contributed by atoms with Gasteiger partial charge in [-0.1, -0.05) is 48.5 Å². The third-order valence-electron chi connectivity index (χ3n) is 6.62. The summed E-state index contributed by atoms with van der Waals surface area (Å²) in [7, 11) is 0. The van der Waals surface area contributed by atoms with Crippen molar-refractivity contribution in [3.63, 3.8) is 0 Å². The van der Waals surface area contributed by atoms with Gasteiger partial charge >= 0.3 is 0 Å². The zero-order chi connectivity index (χ0) is 22.2. The van der Waals surface area contributed by atoms with Crippen molar-refractivity contribution in [1.29, 1.82) is 0 Å². The molecule has 0 fully saturated rings. The van der Waals surface area contributed by atoms with Crippen molar-refractivity contribution >= 4 is 96.5 Å². The molecule has 4 heteroatoms. The van der Waals surface area contributed by atoms with E-state index in [1.54, 1.807) is 0 Å². The first-order valence-corrected chi connectivity index (χ1v) is 14.5. The topological polar surface area (TPSA) is 0 Å². The van der Waals surface area contributed by atoms with Gasteiger partial charge in [0.25, 0.3) is 0 Å². The van der Waals surface area contributed by atoms with E-state index in [4.69, 9.17) is 0 Å². The van der Waals surface area contributed by atoms with Crippen LogP contribution in [-0.4, -0.2) is 0 Å². The summed E-state index contributed by atoms with van der Waals surface area (Å²) in [6.45, 7) is 0. The van der Waals surface area contributed by atoms with E-state index in [1.807, 2.05) is 45.3 Å². The summed E-state index contributed by atoms with van der Waals surface area (Å²) in [6, 6.07) is 31.9. The maximum atomic E-state index is 2.36. The molecule has 0 spiro atoms. The minimum Gasteiger partial charge on any atom is -0.142 e. The number of fused-ring (bicyclic) bond motifs is 7. The Balaban J connectivity index is 1.27. The second-order valence-electron chi connectivity index (χ2n) is 8.64. The van der Waals surface area contributed by atoms with Crippen molar-refractivity contribution in [2.75, 3.05) is 0 Å². The first kappa shape index (κ1) is 19.3. The zero-order valence-corrected chi connectivity index (χ0v) is 21.1. The maximum absolute atomic E-state index is 2.36. The third kappa shape index (κ3) is 2.87. The number of benzene rings is 4. The van der Waals surface area contributed by atoms with Gasteiger partial charge in [0.1, 0.15) is 0 Å². The quantitative estimate of drug-likeness (QED) is 0.220. The molecule has 0 N–H and O–H groups in total. The molecule has 0 saturated heterocycles. The second-order valence-corrected chi connectivity index (χ2v) is 12.6. The predicted molar refractivity (Wildman–Crippen MR) is 156 cm³/mol. The minimum atomic E-state index is 1.29. The van der Waals surface area contributed by atoms with Crippen LogP contribution in [0.4, 0.5) is 0 Å². The van der Waals surface area contributed by atoms with E-state index >= 15 is 0 Å². The third-order valence-corrected chi connectivity index (χ3v) is 11.2. The summed E-state index contributed by atoms with van der Waals surface area (Å²) in [6.07, 6.45) is 0. The average molecular weight is 505 g/mol. The van der Waals surface area contributed by atoms with Gasteiger partial charge in [0.15, 0.2) is 0 Å². The molecule has 0 amide bonds. The summed E-state index contributed by atoms with van der Waals surface area (Å²) in [5.41, 5.74) is 2.60. The molecule has 8 aromatic rings. The number of hydrogen-bond donors (Lipinski definition) is 0. The van der Waals surface area contributed by atoms with Crippen LogP contribution in [0.15, 0.2) is 95.7 Å². The van der Waals surface area contributed by atoms with E-state index in [9.17, 15) is 0 Å². The van der Waals surface area contributed by atoms with Crippen LogP contribution in [0.3, 0.4) is 0 Å². The molecule has 160 valence electrons. The zero-order valence-electron chi connectivity index (χ0n) is 17.9. The van der Waals surface area contributed by atoms with Crippen LogP contribution in [0.2, 0.25) is 0 Å². The second kappa shape index (κ2) is 7.24. The van der Waals surface area contributed by atoms with Gasteiger partial charge in [0, 0.05) is 9.75 Å². The lowest BCUT2D eigenvalue weighted by Crippen LogP contribution is -1.78. The summed E-state index contributed by atoms with van der Waals surface area (Å²) in [4.78, 5) is 2.68. The molecule has 0 bridgehead atoms. The molecule has 0 aliphatic rings. The highest BCUT2D eigenvalue weighted by Gasteiger charge is 2.11. The lowest BCUT2D eigenvalue weighted by atomic mass is 10.0. The Labute approximate surface area is 212 Å². The maximum Gasteiger partial charge on any atom is 0.0527 e. The fourth-order valence-electron chi connectivity index (χ4n) is 4.88. The van der Waals surface area contributed by atoms with Gasteiger partial charge in [-0.15, -0.1) is 45.3 Å². The normalized spacial score (nSPS) is 12.1. The molecule has 4 aromatic carbocycles. The van der Waals surface area contributed by atoms with E-state index in [0.717, 1.165) is 0 Å². The lowest BCUT2D eigenvalue weighted by Gasteiger charge is -2.04. The van der Waals surface area contributed by atoms with Crippen molar-refractivity contribution in [2.45, 2.75) is 0 Å². The van der Waals surface area contributed by atoms with Crippen LogP contribution < -0.4 is 0 Å². The molecular weight excluding hydrogens is 489 g/mol. The first-order valence-electron chi connectivity index (χ1n) is 11.1. The molecule has 0 aliphatic carbocycles. The van der Waals surface area contributed by atoms with Crippen LogP contribution in [0.1, 0.15) is 0 Å². The van der Waals surface area contributed by atoms with E-state index in [1.165, 1.54) is 72.0 Å². The Hall–Kier alpha value is -3.02. The van der Waals surface area contributed by atoms with E-state index in [-0.39, 0.29) is 0 Å². The van der Waals surface area contributed by atoms with Crippen molar-refractivity contribution in [1.82, 2.24) is 0 Å². The molecule has 0 aliphatic heterocycles. The highest BCUT2D eigenvalue weighted by Crippen LogP contribution is 2.42. The van der Waals surface area contributed by atoms with Gasteiger partial charge in [-0.2, -0.15) is 0 Å². The lowest BCUT2D eigenvalue weighted by molar-refractivity contribution is 1.73. The van der Waals surface area contributed by atoms with Gasteiger partial charge in [-0.25, -0.2) is 0 Å². The Kier molecular flexibility index (Phi) is 4.11. The summed E-state index contributed by atoms with van der Waals surface area (Å²) >= 11 is 7.51. The van der Waals surface area contributed by atoms with E-state index in [2.05, 4.69) is 95.7 Å². The van der Waals surface area contributed by atoms with E-state index < -0.39 is 0 Å². The predicted octanol–water partition coefficient (Wildman–Crippen LogP) is 11.0.